The van der Waals surface area contributed by atoms with Gasteiger partial charge in [0.05, 0.1) is 0 Å². The minimum Gasteiger partial charge on any atom is -0.0616 e. The Balaban J connectivity index is 0.000000110. The van der Waals surface area contributed by atoms with E-state index in [9.17, 15) is 0 Å². The summed E-state index contributed by atoms with van der Waals surface area (Å²) in [5.74, 6) is 0. The fourth-order valence-corrected chi connectivity index (χ4v) is 8.38. The van der Waals surface area contributed by atoms with Crippen molar-refractivity contribution in [3.63, 3.8) is 0 Å². The van der Waals surface area contributed by atoms with Crippen molar-refractivity contribution in [3.05, 3.63) is 206 Å². The lowest BCUT2D eigenvalue weighted by Gasteiger charge is -2.12. The molecule has 0 N–H and O–H groups in total. The Morgan fingerprint density at radius 2 is 0.462 bits per heavy atom. The summed E-state index contributed by atoms with van der Waals surface area (Å²) >= 11 is 0. The molecule has 0 nitrogen and oxygen atoms in total. The second-order valence-corrected chi connectivity index (χ2v) is 13.6. The molecule has 0 atom stereocenters. The van der Waals surface area contributed by atoms with E-state index in [4.69, 9.17) is 0 Å². The summed E-state index contributed by atoms with van der Waals surface area (Å²) < 4.78 is 0. The van der Waals surface area contributed by atoms with Crippen LogP contribution in [0.1, 0.15) is 0 Å². The minimum atomic E-state index is 1.29. The zero-order valence-electron chi connectivity index (χ0n) is 28.6. The topological polar surface area (TPSA) is 0 Å². The van der Waals surface area contributed by atoms with Crippen molar-refractivity contribution in [1.82, 2.24) is 0 Å². The second-order valence-electron chi connectivity index (χ2n) is 13.6. The Bertz CT molecular complexity index is 2810. The summed E-state index contributed by atoms with van der Waals surface area (Å²) in [5.41, 5.74) is 13.5. The van der Waals surface area contributed by atoms with E-state index < -0.39 is 0 Å². The van der Waals surface area contributed by atoms with E-state index in [0.717, 1.165) is 0 Å². The SMILES string of the molecule is c1ccc2c(c1)-c1cccc3c(-c4cccc5ccccc45)ccc-2c13.c1ccc2c(c1)-c1cccc3cccc-2c13.c1ccc2ccccc2c1. The first-order chi connectivity index (χ1) is 25.8. The lowest BCUT2D eigenvalue weighted by Crippen LogP contribution is -1.85. The molecule has 12 rings (SSSR count). The Morgan fingerprint density at radius 3 is 1.02 bits per heavy atom. The van der Waals surface area contributed by atoms with Gasteiger partial charge in [0.15, 0.2) is 0 Å². The van der Waals surface area contributed by atoms with E-state index in [2.05, 4.69) is 206 Å². The van der Waals surface area contributed by atoms with Crippen LogP contribution in [-0.2, 0) is 0 Å². The molecular weight excluding hydrogens is 625 g/mol. The lowest BCUT2D eigenvalue weighted by atomic mass is 9.91. The van der Waals surface area contributed by atoms with Crippen molar-refractivity contribution >= 4 is 43.1 Å². The van der Waals surface area contributed by atoms with Gasteiger partial charge in [-0.2, -0.15) is 0 Å². The summed E-state index contributed by atoms with van der Waals surface area (Å²) in [4.78, 5) is 0. The lowest BCUT2D eigenvalue weighted by molar-refractivity contribution is 1.69. The van der Waals surface area contributed by atoms with Crippen LogP contribution >= 0.6 is 0 Å². The van der Waals surface area contributed by atoms with Crippen LogP contribution in [0.4, 0.5) is 0 Å². The zero-order chi connectivity index (χ0) is 34.4. The normalized spacial score (nSPS) is 11.5. The molecule has 0 saturated heterocycles. The maximum atomic E-state index is 2.30. The molecule has 0 spiro atoms. The molecule has 0 saturated carbocycles. The van der Waals surface area contributed by atoms with Gasteiger partial charge in [-0.3, -0.25) is 0 Å². The van der Waals surface area contributed by atoms with Crippen LogP contribution < -0.4 is 0 Å². The summed E-state index contributed by atoms with van der Waals surface area (Å²) in [6, 6.07) is 73.8. The summed E-state index contributed by atoms with van der Waals surface area (Å²) in [6.45, 7) is 0. The maximum absolute atomic E-state index is 2.30. The van der Waals surface area contributed by atoms with E-state index in [1.807, 2.05) is 0 Å². The van der Waals surface area contributed by atoms with E-state index in [1.54, 1.807) is 0 Å². The first-order valence-corrected chi connectivity index (χ1v) is 18.0. The Morgan fingerprint density at radius 1 is 0.154 bits per heavy atom. The van der Waals surface area contributed by atoms with Gasteiger partial charge < -0.3 is 0 Å². The molecule has 242 valence electrons. The van der Waals surface area contributed by atoms with Crippen LogP contribution in [0.2, 0.25) is 0 Å². The second kappa shape index (κ2) is 12.5. The number of hydrogen-bond acceptors (Lipinski definition) is 0. The van der Waals surface area contributed by atoms with E-state index in [-0.39, 0.29) is 0 Å². The molecule has 2 aliphatic rings. The minimum absolute atomic E-state index is 1.29. The van der Waals surface area contributed by atoms with Gasteiger partial charge in [0, 0.05) is 0 Å². The molecule has 0 radical (unpaired) electrons. The third-order valence-corrected chi connectivity index (χ3v) is 10.7. The largest absolute Gasteiger partial charge is 0.0616 e. The molecular formula is C52H34. The van der Waals surface area contributed by atoms with Gasteiger partial charge in [-0.15, -0.1) is 0 Å². The molecule has 0 amide bonds. The molecule has 0 aromatic heterocycles. The van der Waals surface area contributed by atoms with Crippen LogP contribution in [0.3, 0.4) is 0 Å². The van der Waals surface area contributed by atoms with Crippen molar-refractivity contribution in [2.24, 2.45) is 0 Å². The van der Waals surface area contributed by atoms with Gasteiger partial charge in [0.1, 0.15) is 0 Å². The summed E-state index contributed by atoms with van der Waals surface area (Å²) in [6.07, 6.45) is 0. The molecule has 0 aliphatic heterocycles. The highest BCUT2D eigenvalue weighted by atomic mass is 14.3. The van der Waals surface area contributed by atoms with Gasteiger partial charge in [-0.05, 0) is 98.7 Å². The average Bonchev–Trinajstić information content (AvgIpc) is 3.73. The number of rotatable bonds is 1. The van der Waals surface area contributed by atoms with Crippen molar-refractivity contribution in [3.8, 4) is 55.6 Å². The quantitative estimate of drug-likeness (QED) is 0.165. The smallest absolute Gasteiger partial charge is 0.00201 e. The van der Waals surface area contributed by atoms with Crippen LogP contribution in [0.25, 0.3) is 98.7 Å². The molecule has 0 heterocycles. The molecule has 0 unspecified atom stereocenters. The molecule has 0 fully saturated rings. The third-order valence-electron chi connectivity index (χ3n) is 10.7. The van der Waals surface area contributed by atoms with E-state index in [1.165, 1.54) is 98.7 Å². The van der Waals surface area contributed by atoms with Crippen LogP contribution in [0.15, 0.2) is 206 Å². The molecule has 10 aromatic carbocycles. The predicted molar refractivity (Wildman–Crippen MR) is 224 cm³/mol. The first-order valence-electron chi connectivity index (χ1n) is 18.0. The van der Waals surface area contributed by atoms with Crippen molar-refractivity contribution in [2.75, 3.05) is 0 Å². The summed E-state index contributed by atoms with van der Waals surface area (Å²) in [7, 11) is 0. The Kier molecular flexibility index (Phi) is 7.25. The Hall–Kier alpha value is -6.76. The van der Waals surface area contributed by atoms with Gasteiger partial charge >= 0.3 is 0 Å². The van der Waals surface area contributed by atoms with Crippen molar-refractivity contribution < 1.29 is 0 Å². The van der Waals surface area contributed by atoms with Crippen LogP contribution in [0.5, 0.6) is 0 Å². The molecule has 2 aliphatic carbocycles. The van der Waals surface area contributed by atoms with E-state index >= 15 is 0 Å². The zero-order valence-corrected chi connectivity index (χ0v) is 28.6. The third kappa shape index (κ3) is 4.92. The fourth-order valence-electron chi connectivity index (χ4n) is 8.38. The van der Waals surface area contributed by atoms with Crippen molar-refractivity contribution in [1.29, 1.82) is 0 Å². The van der Waals surface area contributed by atoms with Gasteiger partial charge in [0.2, 0.25) is 0 Å². The summed E-state index contributed by atoms with van der Waals surface area (Å²) in [5, 5.41) is 10.7. The standard InChI is InChI=1S/C26H16.C16H10.C10H8/c1-2-9-18-17(7-1)8-5-12-19(18)22-15-16-25-21-11-4-3-10-20(21)23-13-6-14-24(22)26(23)25;1-2-8-13-12(7-1)14-9-3-5-11-6-4-10-15(13)16(11)14;1-2-6-10-8-4-3-7-9(10)5-1/h1-16H;1-10H;1-8H. The van der Waals surface area contributed by atoms with Gasteiger partial charge in [-0.1, -0.05) is 206 Å². The van der Waals surface area contributed by atoms with Crippen LogP contribution in [0, 0.1) is 0 Å². The highest BCUT2D eigenvalue weighted by Gasteiger charge is 2.22. The van der Waals surface area contributed by atoms with Crippen molar-refractivity contribution in [2.45, 2.75) is 0 Å². The van der Waals surface area contributed by atoms with E-state index in [0.29, 0.717) is 0 Å². The average molecular weight is 659 g/mol. The number of fused-ring (bicyclic) bond motifs is 8. The predicted octanol–water partition coefficient (Wildman–Crippen LogP) is 14.6. The maximum Gasteiger partial charge on any atom is -0.00201 e. The first kappa shape index (κ1) is 30.1. The molecule has 52 heavy (non-hydrogen) atoms. The highest BCUT2D eigenvalue weighted by Crippen LogP contribution is 2.50. The monoisotopic (exact) mass is 658 g/mol. The molecule has 0 heteroatoms. The van der Waals surface area contributed by atoms with Gasteiger partial charge in [-0.25, -0.2) is 0 Å². The molecule has 0 bridgehead atoms. The fraction of sp³-hybridized carbons (Fsp3) is 0. The number of benzene rings is 10. The highest BCUT2D eigenvalue weighted by molar-refractivity contribution is 6.20. The Labute approximate surface area is 303 Å². The van der Waals surface area contributed by atoms with Gasteiger partial charge in [0.25, 0.3) is 0 Å². The molecule has 10 aromatic rings. The van der Waals surface area contributed by atoms with Crippen LogP contribution in [-0.4, -0.2) is 0 Å². The number of hydrogen-bond donors (Lipinski definition) is 0.